The molecule has 4 heteroatoms. The molecule has 0 amide bonds. The molecule has 0 radical (unpaired) electrons. The standard InChI is InChI=1S/C17H27NO2S/c1-3-9-18-14(4-2)6-5-12-21-15-7-8-16-17(13-15)20-11-10-19-16/h7-8,13-14,18H,3-6,9-12H2,1-2H3. The molecule has 1 aliphatic rings. The Balaban J connectivity index is 1.71. The first-order valence-electron chi connectivity index (χ1n) is 8.09. The van der Waals surface area contributed by atoms with Gasteiger partial charge >= 0.3 is 0 Å². The van der Waals surface area contributed by atoms with Crippen LogP contribution in [-0.4, -0.2) is 31.6 Å². The van der Waals surface area contributed by atoms with Gasteiger partial charge in [-0.25, -0.2) is 0 Å². The van der Waals surface area contributed by atoms with Gasteiger partial charge in [-0.15, -0.1) is 11.8 Å². The van der Waals surface area contributed by atoms with Crippen molar-refractivity contribution in [3.8, 4) is 11.5 Å². The summed E-state index contributed by atoms with van der Waals surface area (Å²) in [4.78, 5) is 1.27. The lowest BCUT2D eigenvalue weighted by molar-refractivity contribution is 0.171. The van der Waals surface area contributed by atoms with E-state index in [-0.39, 0.29) is 0 Å². The van der Waals surface area contributed by atoms with E-state index in [0.717, 1.165) is 23.8 Å². The molecule has 0 saturated carbocycles. The maximum atomic E-state index is 5.62. The van der Waals surface area contributed by atoms with E-state index in [1.54, 1.807) is 0 Å². The van der Waals surface area contributed by atoms with E-state index in [1.807, 2.05) is 17.8 Å². The highest BCUT2D eigenvalue weighted by Crippen LogP contribution is 2.34. The van der Waals surface area contributed by atoms with E-state index in [4.69, 9.17) is 9.47 Å². The molecule has 3 nitrogen and oxygen atoms in total. The maximum Gasteiger partial charge on any atom is 0.162 e. The largest absolute Gasteiger partial charge is 0.486 e. The number of thioether (sulfide) groups is 1. The predicted molar refractivity (Wildman–Crippen MR) is 89.8 cm³/mol. The molecule has 1 atom stereocenters. The molecule has 1 aliphatic heterocycles. The number of hydrogen-bond acceptors (Lipinski definition) is 4. The Morgan fingerprint density at radius 1 is 1.19 bits per heavy atom. The summed E-state index contributed by atoms with van der Waals surface area (Å²) in [6.07, 6.45) is 4.93. The molecule has 0 aliphatic carbocycles. The van der Waals surface area contributed by atoms with Crippen molar-refractivity contribution in [2.24, 2.45) is 0 Å². The van der Waals surface area contributed by atoms with Crippen LogP contribution in [-0.2, 0) is 0 Å². The lowest BCUT2D eigenvalue weighted by atomic mass is 10.1. The second kappa shape index (κ2) is 9.21. The second-order valence-electron chi connectivity index (χ2n) is 5.36. The van der Waals surface area contributed by atoms with E-state index < -0.39 is 0 Å². The van der Waals surface area contributed by atoms with Crippen LogP contribution >= 0.6 is 11.8 Å². The van der Waals surface area contributed by atoms with Crippen LogP contribution in [0.1, 0.15) is 39.5 Å². The molecule has 1 aromatic rings. The van der Waals surface area contributed by atoms with Gasteiger partial charge in [0.2, 0.25) is 0 Å². The normalized spacial score (nSPS) is 15.0. The molecule has 1 heterocycles. The highest BCUT2D eigenvalue weighted by atomic mass is 32.2. The fraction of sp³-hybridized carbons (Fsp3) is 0.647. The first-order chi connectivity index (χ1) is 10.3. The summed E-state index contributed by atoms with van der Waals surface area (Å²) in [6.45, 7) is 6.93. The van der Waals surface area contributed by atoms with Crippen molar-refractivity contribution in [2.75, 3.05) is 25.5 Å². The number of nitrogens with one attached hydrogen (secondary N) is 1. The third-order valence-electron chi connectivity index (χ3n) is 3.66. The van der Waals surface area contributed by atoms with E-state index in [9.17, 15) is 0 Å². The van der Waals surface area contributed by atoms with Gasteiger partial charge in [0, 0.05) is 10.9 Å². The van der Waals surface area contributed by atoms with Crippen molar-refractivity contribution in [1.29, 1.82) is 0 Å². The third kappa shape index (κ3) is 5.44. The van der Waals surface area contributed by atoms with Gasteiger partial charge < -0.3 is 14.8 Å². The van der Waals surface area contributed by atoms with Crippen molar-refractivity contribution in [1.82, 2.24) is 5.32 Å². The molecular weight excluding hydrogens is 282 g/mol. The van der Waals surface area contributed by atoms with E-state index in [1.165, 1.54) is 30.6 Å². The van der Waals surface area contributed by atoms with Crippen molar-refractivity contribution in [3.63, 3.8) is 0 Å². The highest BCUT2D eigenvalue weighted by molar-refractivity contribution is 7.99. The van der Waals surface area contributed by atoms with Crippen LogP contribution in [0.4, 0.5) is 0 Å². The molecule has 2 rings (SSSR count). The highest BCUT2D eigenvalue weighted by Gasteiger charge is 2.12. The molecule has 0 saturated heterocycles. The maximum absolute atomic E-state index is 5.62. The van der Waals surface area contributed by atoms with Crippen LogP contribution in [0.5, 0.6) is 11.5 Å². The fourth-order valence-electron chi connectivity index (χ4n) is 2.43. The summed E-state index contributed by atoms with van der Waals surface area (Å²) >= 11 is 1.91. The average molecular weight is 309 g/mol. The Hall–Kier alpha value is -0.870. The molecule has 21 heavy (non-hydrogen) atoms. The molecule has 0 bridgehead atoms. The lowest BCUT2D eigenvalue weighted by Gasteiger charge is -2.19. The van der Waals surface area contributed by atoms with Gasteiger partial charge in [0.05, 0.1) is 0 Å². The lowest BCUT2D eigenvalue weighted by Crippen LogP contribution is -2.29. The monoisotopic (exact) mass is 309 g/mol. The van der Waals surface area contributed by atoms with E-state index >= 15 is 0 Å². The smallest absolute Gasteiger partial charge is 0.162 e. The van der Waals surface area contributed by atoms with Crippen LogP contribution in [0.15, 0.2) is 23.1 Å². The van der Waals surface area contributed by atoms with Gasteiger partial charge in [-0.3, -0.25) is 0 Å². The average Bonchev–Trinajstić information content (AvgIpc) is 2.54. The number of ether oxygens (including phenoxy) is 2. The summed E-state index contributed by atoms with van der Waals surface area (Å²) < 4.78 is 11.2. The van der Waals surface area contributed by atoms with Crippen molar-refractivity contribution in [3.05, 3.63) is 18.2 Å². The fourth-order valence-corrected chi connectivity index (χ4v) is 3.33. The quantitative estimate of drug-likeness (QED) is 0.549. The molecule has 118 valence electrons. The Bertz CT molecular complexity index is 425. The van der Waals surface area contributed by atoms with Crippen LogP contribution in [0.25, 0.3) is 0 Å². The zero-order valence-electron chi connectivity index (χ0n) is 13.2. The first kappa shape index (κ1) is 16.5. The summed E-state index contributed by atoms with van der Waals surface area (Å²) in [5.41, 5.74) is 0. The molecule has 0 fully saturated rings. The van der Waals surface area contributed by atoms with Gasteiger partial charge in [-0.1, -0.05) is 13.8 Å². The molecular formula is C17H27NO2S. The van der Waals surface area contributed by atoms with Crippen LogP contribution in [0.3, 0.4) is 0 Å². The molecule has 1 aromatic carbocycles. The van der Waals surface area contributed by atoms with Gasteiger partial charge in [-0.2, -0.15) is 0 Å². The number of rotatable bonds is 9. The summed E-state index contributed by atoms with van der Waals surface area (Å²) in [5.74, 6) is 2.92. The van der Waals surface area contributed by atoms with Crippen LogP contribution < -0.4 is 14.8 Å². The SMILES string of the molecule is CCCNC(CC)CCCSc1ccc2c(c1)OCCO2. The summed E-state index contributed by atoms with van der Waals surface area (Å²) in [5, 5.41) is 3.61. The minimum atomic E-state index is 0.655. The van der Waals surface area contributed by atoms with Gasteiger partial charge in [-0.05, 0) is 56.2 Å². The topological polar surface area (TPSA) is 30.5 Å². The van der Waals surface area contributed by atoms with E-state index in [0.29, 0.717) is 19.3 Å². The predicted octanol–water partition coefficient (Wildman–Crippen LogP) is 4.11. The molecule has 0 spiro atoms. The van der Waals surface area contributed by atoms with Crippen molar-refractivity contribution < 1.29 is 9.47 Å². The minimum absolute atomic E-state index is 0.655. The summed E-state index contributed by atoms with van der Waals surface area (Å²) in [7, 11) is 0. The zero-order valence-corrected chi connectivity index (χ0v) is 14.0. The second-order valence-corrected chi connectivity index (χ2v) is 6.52. The molecule has 1 unspecified atom stereocenters. The van der Waals surface area contributed by atoms with Crippen molar-refractivity contribution >= 4 is 11.8 Å². The number of benzene rings is 1. The molecule has 0 aromatic heterocycles. The third-order valence-corrected chi connectivity index (χ3v) is 4.74. The van der Waals surface area contributed by atoms with Crippen LogP contribution in [0, 0.1) is 0 Å². The molecule has 1 N–H and O–H groups in total. The Kier molecular flexibility index (Phi) is 7.24. The number of hydrogen-bond donors (Lipinski definition) is 1. The Labute approximate surface area is 132 Å². The minimum Gasteiger partial charge on any atom is -0.486 e. The van der Waals surface area contributed by atoms with Crippen molar-refractivity contribution in [2.45, 2.75) is 50.5 Å². The first-order valence-corrected chi connectivity index (χ1v) is 9.07. The summed E-state index contributed by atoms with van der Waals surface area (Å²) in [6, 6.07) is 6.93. The van der Waals surface area contributed by atoms with Gasteiger partial charge in [0.1, 0.15) is 13.2 Å². The Morgan fingerprint density at radius 2 is 2.00 bits per heavy atom. The van der Waals surface area contributed by atoms with Gasteiger partial charge in [0.15, 0.2) is 11.5 Å². The van der Waals surface area contributed by atoms with E-state index in [2.05, 4.69) is 31.3 Å². The zero-order chi connectivity index (χ0) is 14.9. The number of fused-ring (bicyclic) bond motifs is 1. The Morgan fingerprint density at radius 3 is 2.76 bits per heavy atom. The van der Waals surface area contributed by atoms with Gasteiger partial charge in [0.25, 0.3) is 0 Å². The van der Waals surface area contributed by atoms with Crippen LogP contribution in [0.2, 0.25) is 0 Å².